The molecule has 2 fully saturated rings. The van der Waals surface area contributed by atoms with Crippen LogP contribution in [0.1, 0.15) is 34.1 Å². The Morgan fingerprint density at radius 2 is 2.17 bits per heavy atom. The van der Waals surface area contributed by atoms with Gasteiger partial charge in [-0.25, -0.2) is 0 Å². The van der Waals surface area contributed by atoms with Gasteiger partial charge in [0, 0.05) is 6.92 Å². The molecule has 2 aliphatic heterocycles. The van der Waals surface area contributed by atoms with Gasteiger partial charge in [-0.1, -0.05) is 6.92 Å². The van der Waals surface area contributed by atoms with Crippen molar-refractivity contribution in [2.45, 2.75) is 64.1 Å². The lowest BCUT2D eigenvalue weighted by Crippen LogP contribution is -2.59. The topological polar surface area (TPSA) is 62.3 Å². The Morgan fingerprint density at radius 1 is 1.50 bits per heavy atom. The standard InChI is InChI=1S/C13H23NO4/c1-5-13(4)8(2)17-11(7-15)12-10(18-12)6-14(13)9(3)16/h8,10-12,15H,5-7H2,1-4H3. The number of nitrogens with zero attached hydrogens (tertiary/aromatic N) is 1. The highest BCUT2D eigenvalue weighted by molar-refractivity contribution is 5.74. The Labute approximate surface area is 108 Å². The van der Waals surface area contributed by atoms with Crippen LogP contribution in [-0.4, -0.2) is 59.0 Å². The fourth-order valence-electron chi connectivity index (χ4n) is 2.84. The molecular formula is C13H23NO4. The van der Waals surface area contributed by atoms with Crippen molar-refractivity contribution < 1.29 is 19.4 Å². The van der Waals surface area contributed by atoms with Crippen molar-refractivity contribution in [2.75, 3.05) is 13.2 Å². The average molecular weight is 257 g/mol. The minimum Gasteiger partial charge on any atom is -0.394 e. The summed E-state index contributed by atoms with van der Waals surface area (Å²) in [5.74, 6) is 0.0477. The summed E-state index contributed by atoms with van der Waals surface area (Å²) in [6.07, 6.45) is 0.340. The minimum absolute atomic E-state index is 0.00410. The highest BCUT2D eigenvalue weighted by Crippen LogP contribution is 2.37. The van der Waals surface area contributed by atoms with Gasteiger partial charge in [0.15, 0.2) is 0 Å². The van der Waals surface area contributed by atoms with E-state index in [1.807, 2.05) is 18.7 Å². The highest BCUT2D eigenvalue weighted by atomic mass is 16.6. The molecule has 0 aromatic carbocycles. The maximum absolute atomic E-state index is 11.9. The maximum Gasteiger partial charge on any atom is 0.220 e. The van der Waals surface area contributed by atoms with Crippen LogP contribution in [0.3, 0.4) is 0 Å². The van der Waals surface area contributed by atoms with E-state index in [4.69, 9.17) is 9.47 Å². The predicted molar refractivity (Wildman–Crippen MR) is 66.2 cm³/mol. The molecule has 0 spiro atoms. The van der Waals surface area contributed by atoms with Gasteiger partial charge in [0.05, 0.1) is 24.8 Å². The fraction of sp³-hybridized carbons (Fsp3) is 0.923. The van der Waals surface area contributed by atoms with Gasteiger partial charge in [-0.3, -0.25) is 4.79 Å². The average Bonchev–Trinajstić information content (AvgIpc) is 3.09. The molecule has 5 nitrogen and oxygen atoms in total. The number of aliphatic hydroxyl groups excluding tert-OH is 1. The van der Waals surface area contributed by atoms with Gasteiger partial charge in [0.2, 0.25) is 5.91 Å². The number of rotatable bonds is 2. The van der Waals surface area contributed by atoms with E-state index in [0.717, 1.165) is 6.42 Å². The van der Waals surface area contributed by atoms with E-state index in [-0.39, 0.29) is 42.5 Å². The van der Waals surface area contributed by atoms with Crippen LogP contribution < -0.4 is 0 Å². The summed E-state index contributed by atoms with van der Waals surface area (Å²) in [5.41, 5.74) is -0.351. The van der Waals surface area contributed by atoms with E-state index < -0.39 is 0 Å². The molecule has 18 heavy (non-hydrogen) atoms. The van der Waals surface area contributed by atoms with Crippen molar-refractivity contribution >= 4 is 5.91 Å². The molecule has 0 aromatic heterocycles. The van der Waals surface area contributed by atoms with Gasteiger partial charge in [-0.15, -0.1) is 0 Å². The Balaban J connectivity index is 2.26. The molecule has 0 aromatic rings. The smallest absolute Gasteiger partial charge is 0.220 e. The molecule has 1 amide bonds. The van der Waals surface area contributed by atoms with Crippen LogP contribution in [0, 0.1) is 0 Å². The second-order valence-electron chi connectivity index (χ2n) is 5.48. The third-order valence-corrected chi connectivity index (χ3v) is 4.50. The lowest BCUT2D eigenvalue weighted by molar-refractivity contribution is -0.151. The van der Waals surface area contributed by atoms with Gasteiger partial charge in [-0.2, -0.15) is 0 Å². The fourth-order valence-corrected chi connectivity index (χ4v) is 2.84. The Kier molecular flexibility index (Phi) is 3.67. The number of ether oxygens (including phenoxy) is 2. The van der Waals surface area contributed by atoms with Gasteiger partial charge < -0.3 is 19.5 Å². The van der Waals surface area contributed by atoms with Crippen molar-refractivity contribution in [3.8, 4) is 0 Å². The summed E-state index contributed by atoms with van der Waals surface area (Å²) < 4.78 is 11.4. The Morgan fingerprint density at radius 3 is 2.67 bits per heavy atom. The van der Waals surface area contributed by atoms with E-state index in [1.54, 1.807) is 6.92 Å². The minimum atomic E-state index is -0.351. The molecule has 0 radical (unpaired) electrons. The number of epoxide rings is 1. The third kappa shape index (κ3) is 2.15. The zero-order valence-corrected chi connectivity index (χ0v) is 11.5. The molecule has 5 heteroatoms. The lowest BCUT2D eigenvalue weighted by Gasteiger charge is -2.46. The third-order valence-electron chi connectivity index (χ3n) is 4.50. The molecule has 2 saturated heterocycles. The van der Waals surface area contributed by atoms with Crippen molar-refractivity contribution in [1.82, 2.24) is 4.90 Å². The van der Waals surface area contributed by atoms with E-state index in [9.17, 15) is 9.90 Å². The number of carbonyl (C=O) groups is 1. The first-order chi connectivity index (χ1) is 8.43. The van der Waals surface area contributed by atoms with Crippen LogP contribution in [0.25, 0.3) is 0 Å². The number of amides is 1. The molecule has 2 aliphatic rings. The van der Waals surface area contributed by atoms with Gasteiger partial charge in [-0.05, 0) is 20.3 Å². The van der Waals surface area contributed by atoms with E-state index in [1.165, 1.54) is 0 Å². The zero-order chi connectivity index (χ0) is 13.5. The first-order valence-corrected chi connectivity index (χ1v) is 6.64. The maximum atomic E-state index is 11.9. The molecule has 0 bridgehead atoms. The second-order valence-corrected chi connectivity index (χ2v) is 5.48. The number of hydrogen-bond acceptors (Lipinski definition) is 4. The molecule has 0 saturated carbocycles. The summed E-state index contributed by atoms with van der Waals surface area (Å²) in [4.78, 5) is 13.7. The summed E-state index contributed by atoms with van der Waals surface area (Å²) in [5, 5.41) is 9.36. The highest BCUT2D eigenvalue weighted by Gasteiger charge is 2.53. The first-order valence-electron chi connectivity index (χ1n) is 6.64. The van der Waals surface area contributed by atoms with Crippen molar-refractivity contribution in [3.63, 3.8) is 0 Å². The van der Waals surface area contributed by atoms with Gasteiger partial charge >= 0.3 is 0 Å². The van der Waals surface area contributed by atoms with Crippen LogP contribution in [0.5, 0.6) is 0 Å². The van der Waals surface area contributed by atoms with E-state index in [0.29, 0.717) is 6.54 Å². The summed E-state index contributed by atoms with van der Waals surface area (Å²) in [6.45, 7) is 8.20. The van der Waals surface area contributed by atoms with Crippen molar-refractivity contribution in [2.24, 2.45) is 0 Å². The van der Waals surface area contributed by atoms with Crippen LogP contribution in [0.15, 0.2) is 0 Å². The summed E-state index contributed by atoms with van der Waals surface area (Å²) >= 11 is 0. The number of carbonyl (C=O) groups excluding carboxylic acids is 1. The van der Waals surface area contributed by atoms with Gasteiger partial charge in [0.25, 0.3) is 0 Å². The monoisotopic (exact) mass is 257 g/mol. The number of hydrogen-bond donors (Lipinski definition) is 1. The van der Waals surface area contributed by atoms with E-state index >= 15 is 0 Å². The lowest BCUT2D eigenvalue weighted by atomic mass is 9.88. The second kappa shape index (κ2) is 4.79. The van der Waals surface area contributed by atoms with Crippen LogP contribution >= 0.6 is 0 Å². The molecule has 0 aliphatic carbocycles. The van der Waals surface area contributed by atoms with Crippen molar-refractivity contribution in [3.05, 3.63) is 0 Å². The molecule has 104 valence electrons. The quantitative estimate of drug-likeness (QED) is 0.734. The normalized spacial score (nSPS) is 43.9. The zero-order valence-electron chi connectivity index (χ0n) is 11.5. The molecule has 5 atom stereocenters. The molecule has 2 rings (SSSR count). The molecule has 1 N–H and O–H groups in total. The molecular weight excluding hydrogens is 234 g/mol. The number of fused-ring (bicyclic) bond motifs is 1. The number of aliphatic hydroxyl groups is 1. The summed E-state index contributed by atoms with van der Waals surface area (Å²) in [7, 11) is 0. The first kappa shape index (κ1) is 13.8. The Bertz CT molecular complexity index is 335. The SMILES string of the molecule is CCC1(C)C(C)OC(CO)C2OC2CN1C(C)=O. The molecule has 5 unspecified atom stereocenters. The van der Waals surface area contributed by atoms with Crippen molar-refractivity contribution in [1.29, 1.82) is 0 Å². The predicted octanol–water partition coefficient (Wildman–Crippen LogP) is 0.551. The molecule has 2 heterocycles. The van der Waals surface area contributed by atoms with Crippen LogP contribution in [-0.2, 0) is 14.3 Å². The van der Waals surface area contributed by atoms with Gasteiger partial charge in [0.1, 0.15) is 18.3 Å². The van der Waals surface area contributed by atoms with Crippen LogP contribution in [0.2, 0.25) is 0 Å². The Hall–Kier alpha value is -0.650. The van der Waals surface area contributed by atoms with E-state index in [2.05, 4.69) is 6.92 Å². The summed E-state index contributed by atoms with van der Waals surface area (Å²) in [6, 6.07) is 0. The largest absolute Gasteiger partial charge is 0.394 e. The van der Waals surface area contributed by atoms with Crippen LogP contribution in [0.4, 0.5) is 0 Å².